The van der Waals surface area contributed by atoms with Crippen LogP contribution in [0.1, 0.15) is 37.0 Å². The van der Waals surface area contributed by atoms with Gasteiger partial charge in [-0.3, -0.25) is 13.9 Å². The van der Waals surface area contributed by atoms with Gasteiger partial charge < -0.3 is 10.2 Å². The number of hydrogen-bond acceptors (Lipinski definition) is 4. The maximum Gasteiger partial charge on any atom is 0.244 e. The average Bonchev–Trinajstić information content (AvgIpc) is 2.90. The van der Waals surface area contributed by atoms with E-state index in [-0.39, 0.29) is 18.5 Å². The highest BCUT2D eigenvalue weighted by molar-refractivity contribution is 7.92. The van der Waals surface area contributed by atoms with Crippen LogP contribution in [0.15, 0.2) is 84.9 Å². The van der Waals surface area contributed by atoms with Crippen molar-refractivity contribution in [2.24, 2.45) is 0 Å². The summed E-state index contributed by atoms with van der Waals surface area (Å²) in [6.07, 6.45) is 2.12. The van der Waals surface area contributed by atoms with Crippen molar-refractivity contribution in [3.05, 3.63) is 102 Å². The summed E-state index contributed by atoms with van der Waals surface area (Å²) in [6, 6.07) is 24.8. The number of nitrogens with one attached hydrogen (secondary N) is 1. The molecule has 2 atom stereocenters. The summed E-state index contributed by atoms with van der Waals surface area (Å²) in [7, 11) is -3.77. The van der Waals surface area contributed by atoms with Crippen molar-refractivity contribution in [2.75, 3.05) is 17.1 Å². The molecule has 202 valence electrons. The molecule has 1 N–H and O–H groups in total. The standard InChI is InChI=1S/C30H37N3O4S/c1-5-24(3)31-30(35)28(20-25-15-8-6-9-16-25)32(21-26-17-13-12-14-23(26)2)29(34)22-33(38(4,36)37)27-18-10-7-11-19-27/h6-19,24,28H,5,20-22H2,1-4H3,(H,31,35)/t24-,28-/m1/s1. The van der Waals surface area contributed by atoms with Crippen LogP contribution in [0.2, 0.25) is 0 Å². The number of amides is 2. The van der Waals surface area contributed by atoms with Crippen LogP contribution in [0.3, 0.4) is 0 Å². The first-order chi connectivity index (χ1) is 18.1. The van der Waals surface area contributed by atoms with Crippen LogP contribution in [-0.4, -0.2) is 50.0 Å². The molecule has 0 aliphatic rings. The summed E-state index contributed by atoms with van der Waals surface area (Å²) < 4.78 is 26.6. The normalized spacial score (nSPS) is 12.8. The van der Waals surface area contributed by atoms with E-state index in [1.807, 2.05) is 75.4 Å². The van der Waals surface area contributed by atoms with Gasteiger partial charge in [-0.15, -0.1) is 0 Å². The van der Waals surface area contributed by atoms with Crippen LogP contribution < -0.4 is 9.62 Å². The molecule has 8 heteroatoms. The molecule has 0 bridgehead atoms. The number of aryl methyl sites for hydroxylation is 1. The topological polar surface area (TPSA) is 86.8 Å². The van der Waals surface area contributed by atoms with Gasteiger partial charge in [-0.1, -0.05) is 79.7 Å². The summed E-state index contributed by atoms with van der Waals surface area (Å²) in [5.41, 5.74) is 3.17. The Hall–Kier alpha value is -3.65. The zero-order valence-electron chi connectivity index (χ0n) is 22.5. The third-order valence-electron chi connectivity index (χ3n) is 6.60. The number of sulfonamides is 1. The average molecular weight is 536 g/mol. The maximum absolute atomic E-state index is 14.0. The van der Waals surface area contributed by atoms with Crippen LogP contribution in [0, 0.1) is 6.92 Å². The molecule has 0 aliphatic carbocycles. The van der Waals surface area contributed by atoms with Gasteiger partial charge in [-0.05, 0) is 49.1 Å². The predicted molar refractivity (Wildman–Crippen MR) is 152 cm³/mol. The third kappa shape index (κ3) is 7.92. The molecule has 7 nitrogen and oxygen atoms in total. The van der Waals surface area contributed by atoms with Crippen LogP contribution in [0.25, 0.3) is 0 Å². The highest BCUT2D eigenvalue weighted by Gasteiger charge is 2.33. The lowest BCUT2D eigenvalue weighted by Crippen LogP contribution is -2.54. The summed E-state index contributed by atoms with van der Waals surface area (Å²) >= 11 is 0. The van der Waals surface area contributed by atoms with Crippen LogP contribution in [0.4, 0.5) is 5.69 Å². The van der Waals surface area contributed by atoms with E-state index >= 15 is 0 Å². The number of nitrogens with zero attached hydrogens (tertiary/aromatic N) is 2. The number of anilines is 1. The second-order valence-corrected chi connectivity index (χ2v) is 11.5. The molecule has 38 heavy (non-hydrogen) atoms. The van der Waals surface area contributed by atoms with Crippen molar-refractivity contribution in [1.82, 2.24) is 10.2 Å². The fourth-order valence-electron chi connectivity index (χ4n) is 4.17. The van der Waals surface area contributed by atoms with Gasteiger partial charge in [0.15, 0.2) is 0 Å². The Bertz CT molecular complexity index is 1310. The Morgan fingerprint density at radius 2 is 1.47 bits per heavy atom. The third-order valence-corrected chi connectivity index (χ3v) is 7.74. The molecule has 3 rings (SSSR count). The number of rotatable bonds is 12. The van der Waals surface area contributed by atoms with Gasteiger partial charge in [-0.2, -0.15) is 0 Å². The second kappa shape index (κ2) is 13.2. The van der Waals surface area contributed by atoms with E-state index in [0.717, 1.165) is 33.7 Å². The highest BCUT2D eigenvalue weighted by atomic mass is 32.2. The fraction of sp³-hybridized carbons (Fsp3) is 0.333. The molecule has 0 aliphatic heterocycles. The Balaban J connectivity index is 2.05. The molecule has 0 radical (unpaired) electrons. The quantitative estimate of drug-likeness (QED) is 0.374. The predicted octanol–water partition coefficient (Wildman–Crippen LogP) is 4.32. The molecular formula is C30H37N3O4S. The van der Waals surface area contributed by atoms with Crippen LogP contribution >= 0.6 is 0 Å². The lowest BCUT2D eigenvalue weighted by molar-refractivity contribution is -0.140. The number of hydrogen-bond donors (Lipinski definition) is 1. The van der Waals surface area contributed by atoms with E-state index < -0.39 is 28.5 Å². The van der Waals surface area contributed by atoms with E-state index in [1.54, 1.807) is 30.3 Å². The Morgan fingerprint density at radius 3 is 2.05 bits per heavy atom. The lowest BCUT2D eigenvalue weighted by Gasteiger charge is -2.34. The van der Waals surface area contributed by atoms with E-state index in [2.05, 4.69) is 5.32 Å². The lowest BCUT2D eigenvalue weighted by atomic mass is 10.0. The summed E-state index contributed by atoms with van der Waals surface area (Å²) in [5.74, 6) is -0.724. The fourth-order valence-corrected chi connectivity index (χ4v) is 5.02. The van der Waals surface area contributed by atoms with E-state index in [1.165, 1.54) is 4.90 Å². The highest BCUT2D eigenvalue weighted by Crippen LogP contribution is 2.21. The van der Waals surface area contributed by atoms with E-state index in [0.29, 0.717) is 12.1 Å². The molecule has 0 spiro atoms. The molecular weight excluding hydrogens is 498 g/mol. The summed E-state index contributed by atoms with van der Waals surface area (Å²) in [5, 5.41) is 3.04. The minimum Gasteiger partial charge on any atom is -0.352 e. The molecule has 0 unspecified atom stereocenters. The Kier molecular flexibility index (Phi) is 10.1. The first-order valence-electron chi connectivity index (χ1n) is 12.8. The monoisotopic (exact) mass is 535 g/mol. The van der Waals surface area contributed by atoms with Crippen molar-refractivity contribution in [3.8, 4) is 0 Å². The Labute approximate surface area is 226 Å². The van der Waals surface area contributed by atoms with Crippen molar-refractivity contribution in [3.63, 3.8) is 0 Å². The smallest absolute Gasteiger partial charge is 0.244 e. The second-order valence-electron chi connectivity index (χ2n) is 9.58. The van der Waals surface area contributed by atoms with Gasteiger partial charge >= 0.3 is 0 Å². The molecule has 3 aromatic rings. The van der Waals surface area contributed by atoms with Crippen molar-refractivity contribution < 1.29 is 18.0 Å². The van der Waals surface area contributed by atoms with Crippen molar-refractivity contribution >= 4 is 27.5 Å². The number of para-hydroxylation sites is 1. The van der Waals surface area contributed by atoms with Crippen LogP contribution in [0.5, 0.6) is 0 Å². The molecule has 2 amide bonds. The zero-order chi connectivity index (χ0) is 27.7. The van der Waals surface area contributed by atoms with E-state index in [9.17, 15) is 18.0 Å². The molecule has 0 saturated carbocycles. The van der Waals surface area contributed by atoms with Crippen molar-refractivity contribution in [2.45, 2.75) is 52.2 Å². The SMILES string of the molecule is CC[C@@H](C)NC(=O)[C@@H](Cc1ccccc1)N(Cc1ccccc1C)C(=O)CN(c1ccccc1)S(C)(=O)=O. The summed E-state index contributed by atoms with van der Waals surface area (Å²) in [4.78, 5) is 29.2. The van der Waals surface area contributed by atoms with Gasteiger partial charge in [0.25, 0.3) is 0 Å². The first kappa shape index (κ1) is 28.9. The molecule has 3 aromatic carbocycles. The van der Waals surface area contributed by atoms with E-state index in [4.69, 9.17) is 0 Å². The van der Waals surface area contributed by atoms with Crippen LogP contribution in [-0.2, 0) is 32.6 Å². The first-order valence-corrected chi connectivity index (χ1v) is 14.7. The van der Waals surface area contributed by atoms with Gasteiger partial charge in [0, 0.05) is 19.0 Å². The number of carbonyl (C=O) groups is 2. The molecule has 0 aromatic heterocycles. The minimum absolute atomic E-state index is 0.0759. The minimum atomic E-state index is -3.77. The number of carbonyl (C=O) groups excluding carboxylic acids is 2. The largest absolute Gasteiger partial charge is 0.352 e. The maximum atomic E-state index is 14.0. The Morgan fingerprint density at radius 1 is 0.895 bits per heavy atom. The molecule has 0 fully saturated rings. The van der Waals surface area contributed by atoms with Gasteiger partial charge in [0.2, 0.25) is 21.8 Å². The molecule has 0 saturated heterocycles. The van der Waals surface area contributed by atoms with Gasteiger partial charge in [-0.25, -0.2) is 8.42 Å². The zero-order valence-corrected chi connectivity index (χ0v) is 23.3. The molecule has 0 heterocycles. The van der Waals surface area contributed by atoms with Gasteiger partial charge in [0.05, 0.1) is 11.9 Å². The van der Waals surface area contributed by atoms with Crippen molar-refractivity contribution in [1.29, 1.82) is 0 Å². The summed E-state index contributed by atoms with van der Waals surface area (Å²) in [6.45, 7) is 5.61. The van der Waals surface area contributed by atoms with Gasteiger partial charge in [0.1, 0.15) is 12.6 Å². The number of benzene rings is 3.